The molecule has 0 spiro atoms. The molecule has 0 unspecified atom stereocenters. The van der Waals surface area contributed by atoms with Crippen LogP contribution in [0.1, 0.15) is 86.6 Å². The van der Waals surface area contributed by atoms with Crippen LogP contribution >= 0.6 is 0 Å². The zero-order valence-corrected chi connectivity index (χ0v) is 14.7. The third kappa shape index (κ3) is 3.41. The van der Waals surface area contributed by atoms with Gasteiger partial charge in [-0.1, -0.05) is 33.1 Å². The molecule has 1 aliphatic heterocycles. The van der Waals surface area contributed by atoms with E-state index in [0.29, 0.717) is 12.0 Å². The Balaban J connectivity index is 1.92. The number of hydrogen-bond donors (Lipinski definition) is 0. The van der Waals surface area contributed by atoms with Gasteiger partial charge in [0.1, 0.15) is 5.82 Å². The highest BCUT2D eigenvalue weighted by Crippen LogP contribution is 2.35. The van der Waals surface area contributed by atoms with E-state index < -0.39 is 0 Å². The van der Waals surface area contributed by atoms with E-state index in [-0.39, 0.29) is 11.8 Å². The summed E-state index contributed by atoms with van der Waals surface area (Å²) < 4.78 is 0. The van der Waals surface area contributed by atoms with Gasteiger partial charge in [0.2, 0.25) is 0 Å². The Bertz CT molecular complexity index is 570. The van der Waals surface area contributed by atoms with Crippen LogP contribution in [0, 0.1) is 12.8 Å². The summed E-state index contributed by atoms with van der Waals surface area (Å²) >= 11 is 0. The lowest BCUT2D eigenvalue weighted by Crippen LogP contribution is -2.45. The van der Waals surface area contributed by atoms with Crippen molar-refractivity contribution in [3.05, 3.63) is 23.3 Å². The van der Waals surface area contributed by atoms with E-state index in [1.54, 1.807) is 6.20 Å². The van der Waals surface area contributed by atoms with E-state index in [2.05, 4.69) is 28.7 Å². The first-order chi connectivity index (χ1) is 11.1. The average molecular weight is 315 g/mol. The standard InChI is InChI=1S/C19H29N3O/c1-13(2)18-16(12-20-14(3)21-18)19(23)22-11-7-6-9-15-8-4-5-10-17(15)22/h12-13,15,17H,4-11H2,1-3H3/t15-,17-/m1/s1. The van der Waals surface area contributed by atoms with E-state index in [0.717, 1.165) is 30.0 Å². The molecule has 3 rings (SSSR count). The minimum absolute atomic E-state index is 0.160. The van der Waals surface area contributed by atoms with Crippen LogP contribution in [-0.2, 0) is 0 Å². The van der Waals surface area contributed by atoms with Gasteiger partial charge in [-0.2, -0.15) is 0 Å². The van der Waals surface area contributed by atoms with Crippen molar-refractivity contribution in [2.75, 3.05) is 6.54 Å². The number of amides is 1. The van der Waals surface area contributed by atoms with Gasteiger partial charge in [-0.15, -0.1) is 0 Å². The Hall–Kier alpha value is -1.45. The highest BCUT2D eigenvalue weighted by Gasteiger charge is 2.35. The van der Waals surface area contributed by atoms with E-state index in [9.17, 15) is 4.79 Å². The largest absolute Gasteiger partial charge is 0.335 e. The molecule has 2 fully saturated rings. The lowest BCUT2D eigenvalue weighted by atomic mass is 9.81. The number of nitrogens with zero attached hydrogens (tertiary/aromatic N) is 3. The van der Waals surface area contributed by atoms with Crippen LogP contribution in [0.2, 0.25) is 0 Å². The van der Waals surface area contributed by atoms with Crippen molar-refractivity contribution in [2.45, 2.75) is 77.7 Å². The number of aromatic nitrogens is 2. The van der Waals surface area contributed by atoms with Crippen molar-refractivity contribution in [3.63, 3.8) is 0 Å². The van der Waals surface area contributed by atoms with E-state index >= 15 is 0 Å². The van der Waals surface area contributed by atoms with Gasteiger partial charge in [-0.05, 0) is 44.4 Å². The molecule has 2 atom stereocenters. The molecule has 4 nitrogen and oxygen atoms in total. The van der Waals surface area contributed by atoms with Crippen molar-refractivity contribution in [1.82, 2.24) is 14.9 Å². The minimum Gasteiger partial charge on any atom is -0.335 e. The first-order valence-electron chi connectivity index (χ1n) is 9.22. The summed E-state index contributed by atoms with van der Waals surface area (Å²) in [5.41, 5.74) is 1.62. The summed E-state index contributed by atoms with van der Waals surface area (Å²) in [6.45, 7) is 6.99. The summed E-state index contributed by atoms with van der Waals surface area (Å²) in [5, 5.41) is 0. The molecular weight excluding hydrogens is 286 g/mol. The Labute approximate surface area is 139 Å². The van der Waals surface area contributed by atoms with Gasteiger partial charge in [-0.25, -0.2) is 9.97 Å². The highest BCUT2D eigenvalue weighted by atomic mass is 16.2. The van der Waals surface area contributed by atoms with Gasteiger partial charge in [-0.3, -0.25) is 4.79 Å². The van der Waals surface area contributed by atoms with E-state index in [4.69, 9.17) is 0 Å². The quantitative estimate of drug-likeness (QED) is 0.825. The molecule has 4 heteroatoms. The number of carbonyl (C=O) groups is 1. The summed E-state index contributed by atoms with van der Waals surface area (Å²) in [6, 6.07) is 0.431. The lowest BCUT2D eigenvalue weighted by molar-refractivity contribution is 0.0566. The topological polar surface area (TPSA) is 46.1 Å². The molecule has 0 radical (unpaired) electrons. The molecule has 2 heterocycles. The fourth-order valence-electron chi connectivity index (χ4n) is 4.29. The maximum Gasteiger partial charge on any atom is 0.257 e. The number of hydrogen-bond acceptors (Lipinski definition) is 3. The maximum absolute atomic E-state index is 13.3. The van der Waals surface area contributed by atoms with E-state index in [1.807, 2.05) is 6.92 Å². The number of carbonyl (C=O) groups excluding carboxylic acids is 1. The van der Waals surface area contributed by atoms with Gasteiger partial charge in [0.15, 0.2) is 0 Å². The highest BCUT2D eigenvalue weighted by molar-refractivity contribution is 5.95. The van der Waals surface area contributed by atoms with Crippen LogP contribution in [0.3, 0.4) is 0 Å². The Morgan fingerprint density at radius 3 is 2.61 bits per heavy atom. The molecule has 2 aliphatic rings. The zero-order chi connectivity index (χ0) is 16.4. The lowest BCUT2D eigenvalue weighted by Gasteiger charge is -2.38. The van der Waals surface area contributed by atoms with Gasteiger partial charge in [0.25, 0.3) is 5.91 Å². The summed E-state index contributed by atoms with van der Waals surface area (Å²) in [7, 11) is 0. The molecular formula is C19H29N3O. The number of rotatable bonds is 2. The van der Waals surface area contributed by atoms with Gasteiger partial charge in [0, 0.05) is 18.8 Å². The zero-order valence-electron chi connectivity index (χ0n) is 14.7. The van der Waals surface area contributed by atoms with Crippen LogP contribution in [0.5, 0.6) is 0 Å². The first kappa shape index (κ1) is 16.4. The molecule has 1 saturated heterocycles. The van der Waals surface area contributed by atoms with Gasteiger partial charge >= 0.3 is 0 Å². The summed E-state index contributed by atoms with van der Waals surface area (Å²) in [5.74, 6) is 1.85. The molecule has 1 aliphatic carbocycles. The van der Waals surface area contributed by atoms with E-state index in [1.165, 1.54) is 38.5 Å². The van der Waals surface area contributed by atoms with Crippen molar-refractivity contribution >= 4 is 5.91 Å². The van der Waals surface area contributed by atoms with Crippen molar-refractivity contribution in [2.24, 2.45) is 5.92 Å². The second kappa shape index (κ2) is 6.98. The van der Waals surface area contributed by atoms with Crippen molar-refractivity contribution in [3.8, 4) is 0 Å². The summed E-state index contributed by atoms with van der Waals surface area (Å²) in [6.07, 6.45) is 10.5. The second-order valence-electron chi connectivity index (χ2n) is 7.48. The fraction of sp³-hybridized carbons (Fsp3) is 0.737. The Morgan fingerprint density at radius 2 is 1.87 bits per heavy atom. The number of aryl methyl sites for hydroxylation is 1. The molecule has 23 heavy (non-hydrogen) atoms. The van der Waals surface area contributed by atoms with Gasteiger partial charge < -0.3 is 4.90 Å². The molecule has 1 aromatic rings. The normalized spacial score (nSPS) is 25.1. The molecule has 0 bridgehead atoms. The van der Waals surface area contributed by atoms with Gasteiger partial charge in [0.05, 0.1) is 11.3 Å². The maximum atomic E-state index is 13.3. The first-order valence-corrected chi connectivity index (χ1v) is 9.22. The Kier molecular flexibility index (Phi) is 4.98. The van der Waals surface area contributed by atoms with Crippen LogP contribution in [-0.4, -0.2) is 33.4 Å². The minimum atomic E-state index is 0.160. The SMILES string of the molecule is Cc1ncc(C(=O)N2CCCC[C@H]3CCCC[C@H]32)c(C(C)C)n1. The molecule has 1 amide bonds. The Morgan fingerprint density at radius 1 is 1.17 bits per heavy atom. The smallest absolute Gasteiger partial charge is 0.257 e. The van der Waals surface area contributed by atoms with Crippen molar-refractivity contribution in [1.29, 1.82) is 0 Å². The predicted molar refractivity (Wildman–Crippen MR) is 91.5 cm³/mol. The summed E-state index contributed by atoms with van der Waals surface area (Å²) in [4.78, 5) is 24.3. The average Bonchev–Trinajstić information content (AvgIpc) is 2.76. The molecule has 1 saturated carbocycles. The third-order valence-corrected chi connectivity index (χ3v) is 5.47. The van der Waals surface area contributed by atoms with Crippen LogP contribution in [0.25, 0.3) is 0 Å². The fourth-order valence-corrected chi connectivity index (χ4v) is 4.29. The molecule has 0 N–H and O–H groups in total. The predicted octanol–water partition coefficient (Wildman–Crippen LogP) is 4.09. The second-order valence-corrected chi connectivity index (χ2v) is 7.48. The number of likely N-dealkylation sites (tertiary alicyclic amines) is 1. The monoisotopic (exact) mass is 315 g/mol. The van der Waals surface area contributed by atoms with Crippen molar-refractivity contribution < 1.29 is 4.79 Å². The van der Waals surface area contributed by atoms with Crippen LogP contribution < -0.4 is 0 Å². The third-order valence-electron chi connectivity index (χ3n) is 5.47. The molecule has 126 valence electrons. The van der Waals surface area contributed by atoms with Crippen LogP contribution in [0.15, 0.2) is 6.20 Å². The molecule has 0 aromatic carbocycles. The number of fused-ring (bicyclic) bond motifs is 1. The van der Waals surface area contributed by atoms with Crippen LogP contribution in [0.4, 0.5) is 0 Å². The molecule has 1 aromatic heterocycles.